The molecule has 0 aliphatic carbocycles. The highest BCUT2D eigenvalue weighted by molar-refractivity contribution is 6.36. The highest BCUT2D eigenvalue weighted by Crippen LogP contribution is 2.44. The number of ketones is 1. The quantitative estimate of drug-likeness (QED) is 0.530. The Labute approximate surface area is 189 Å². The number of halogens is 2. The number of benzene rings is 3. The minimum Gasteiger partial charge on any atom is -0.496 e. The van der Waals surface area contributed by atoms with Gasteiger partial charge < -0.3 is 14.7 Å². The molecular formula is C24H19Cl2NO4. The summed E-state index contributed by atoms with van der Waals surface area (Å²) in [6, 6.07) is 18.7. The van der Waals surface area contributed by atoms with E-state index in [2.05, 4.69) is 0 Å². The number of para-hydroxylation sites is 2. The van der Waals surface area contributed by atoms with Crippen LogP contribution >= 0.6 is 23.2 Å². The molecule has 5 nitrogen and oxygen atoms in total. The van der Waals surface area contributed by atoms with Crippen molar-refractivity contribution >= 4 is 40.6 Å². The highest BCUT2D eigenvalue weighted by atomic mass is 35.5. The van der Waals surface area contributed by atoms with E-state index in [4.69, 9.17) is 27.9 Å². The van der Waals surface area contributed by atoms with E-state index in [1.54, 1.807) is 66.7 Å². The van der Waals surface area contributed by atoms with Crippen molar-refractivity contribution in [3.63, 3.8) is 0 Å². The molecule has 31 heavy (non-hydrogen) atoms. The van der Waals surface area contributed by atoms with Crippen molar-refractivity contribution in [3.05, 3.63) is 93.5 Å². The number of ether oxygens (including phenoxy) is 1. The van der Waals surface area contributed by atoms with Crippen LogP contribution in [-0.4, -0.2) is 23.9 Å². The van der Waals surface area contributed by atoms with E-state index in [-0.39, 0.29) is 6.54 Å². The van der Waals surface area contributed by atoms with Gasteiger partial charge in [0.2, 0.25) is 0 Å². The Kier molecular flexibility index (Phi) is 5.75. The molecule has 1 aliphatic heterocycles. The number of aliphatic hydroxyl groups is 1. The summed E-state index contributed by atoms with van der Waals surface area (Å²) in [4.78, 5) is 27.9. The van der Waals surface area contributed by atoms with Crippen molar-refractivity contribution in [2.24, 2.45) is 0 Å². The minimum absolute atomic E-state index is 0.0690. The van der Waals surface area contributed by atoms with Crippen molar-refractivity contribution in [1.82, 2.24) is 0 Å². The van der Waals surface area contributed by atoms with Gasteiger partial charge in [-0.1, -0.05) is 59.6 Å². The first-order chi connectivity index (χ1) is 14.9. The lowest BCUT2D eigenvalue weighted by molar-refractivity contribution is -0.136. The van der Waals surface area contributed by atoms with Crippen LogP contribution in [0.15, 0.2) is 66.7 Å². The van der Waals surface area contributed by atoms with Gasteiger partial charge in [0.1, 0.15) is 5.75 Å². The summed E-state index contributed by atoms with van der Waals surface area (Å²) in [5, 5.41) is 12.3. The lowest BCUT2D eigenvalue weighted by Gasteiger charge is -2.23. The van der Waals surface area contributed by atoms with Crippen molar-refractivity contribution < 1.29 is 19.4 Å². The third-order valence-corrected chi connectivity index (χ3v) is 6.15. The molecule has 0 bridgehead atoms. The molecule has 0 saturated carbocycles. The molecule has 1 heterocycles. The number of rotatable bonds is 6. The second-order valence-corrected chi connectivity index (χ2v) is 8.08. The number of methoxy groups -OCH3 is 1. The van der Waals surface area contributed by atoms with E-state index in [1.165, 1.54) is 12.0 Å². The Hall–Kier alpha value is -2.86. The zero-order chi connectivity index (χ0) is 22.2. The van der Waals surface area contributed by atoms with Crippen LogP contribution in [0.3, 0.4) is 0 Å². The molecule has 1 amide bonds. The fraction of sp³-hybridized carbons (Fsp3) is 0.167. The molecule has 0 spiro atoms. The first-order valence-electron chi connectivity index (χ1n) is 9.60. The van der Waals surface area contributed by atoms with Gasteiger partial charge in [0.15, 0.2) is 11.4 Å². The Bertz CT molecular complexity index is 1160. The van der Waals surface area contributed by atoms with Crippen LogP contribution in [0.2, 0.25) is 10.0 Å². The molecule has 1 atom stereocenters. The maximum Gasteiger partial charge on any atom is 0.264 e. The molecule has 0 fully saturated rings. The molecule has 4 rings (SSSR count). The van der Waals surface area contributed by atoms with Crippen molar-refractivity contribution in [2.45, 2.75) is 18.6 Å². The maximum absolute atomic E-state index is 13.4. The molecule has 1 unspecified atom stereocenters. The number of hydrogen-bond donors (Lipinski definition) is 1. The molecule has 1 N–H and O–H groups in total. The van der Waals surface area contributed by atoms with Crippen LogP contribution in [0.1, 0.15) is 27.9 Å². The van der Waals surface area contributed by atoms with Gasteiger partial charge in [-0.3, -0.25) is 9.59 Å². The lowest BCUT2D eigenvalue weighted by Crippen LogP contribution is -2.41. The SMILES string of the molecule is COc1ccccc1C(=O)CC1(O)C(=O)N(Cc2c(Cl)cccc2Cl)c2ccccc21. The number of carbonyl (C=O) groups excluding carboxylic acids is 2. The zero-order valence-electron chi connectivity index (χ0n) is 16.6. The number of hydrogen-bond acceptors (Lipinski definition) is 4. The second kappa shape index (κ2) is 8.35. The highest BCUT2D eigenvalue weighted by Gasteiger charge is 2.51. The summed E-state index contributed by atoms with van der Waals surface area (Å²) in [5.74, 6) is -0.622. The predicted molar refractivity (Wildman–Crippen MR) is 120 cm³/mol. The smallest absolute Gasteiger partial charge is 0.264 e. The third-order valence-electron chi connectivity index (χ3n) is 5.44. The van der Waals surface area contributed by atoms with E-state index in [1.807, 2.05) is 0 Å². The van der Waals surface area contributed by atoms with Gasteiger partial charge in [-0.2, -0.15) is 0 Å². The van der Waals surface area contributed by atoms with E-state index in [9.17, 15) is 14.7 Å². The molecular weight excluding hydrogens is 437 g/mol. The maximum atomic E-state index is 13.4. The molecule has 7 heteroatoms. The van der Waals surface area contributed by atoms with Gasteiger partial charge >= 0.3 is 0 Å². The summed E-state index contributed by atoms with van der Waals surface area (Å²) < 4.78 is 5.26. The van der Waals surface area contributed by atoms with Crippen molar-refractivity contribution in [3.8, 4) is 5.75 Å². The summed E-state index contributed by atoms with van der Waals surface area (Å²) in [5.41, 5.74) is -0.266. The summed E-state index contributed by atoms with van der Waals surface area (Å²) in [7, 11) is 1.46. The molecule has 3 aromatic rings. The van der Waals surface area contributed by atoms with Crippen LogP contribution in [0.4, 0.5) is 5.69 Å². The Morgan fingerprint density at radius 1 is 1.00 bits per heavy atom. The monoisotopic (exact) mass is 455 g/mol. The molecule has 0 radical (unpaired) electrons. The number of fused-ring (bicyclic) bond motifs is 1. The Morgan fingerprint density at radius 2 is 1.65 bits per heavy atom. The van der Waals surface area contributed by atoms with Crippen LogP contribution in [0.5, 0.6) is 5.75 Å². The first-order valence-corrected chi connectivity index (χ1v) is 10.4. The average Bonchev–Trinajstić information content (AvgIpc) is 2.98. The number of anilines is 1. The topological polar surface area (TPSA) is 66.8 Å². The number of nitrogens with zero attached hydrogens (tertiary/aromatic N) is 1. The van der Waals surface area contributed by atoms with Gasteiger partial charge in [0.05, 0.1) is 31.3 Å². The molecule has 0 saturated heterocycles. The molecule has 3 aromatic carbocycles. The van der Waals surface area contributed by atoms with E-state index < -0.39 is 23.7 Å². The fourth-order valence-corrected chi connectivity index (χ4v) is 4.40. The van der Waals surface area contributed by atoms with Crippen LogP contribution < -0.4 is 9.64 Å². The molecule has 1 aliphatic rings. The number of amides is 1. The van der Waals surface area contributed by atoms with Crippen LogP contribution in [-0.2, 0) is 16.9 Å². The van der Waals surface area contributed by atoms with Gasteiger partial charge in [-0.15, -0.1) is 0 Å². The Morgan fingerprint density at radius 3 is 2.35 bits per heavy atom. The van der Waals surface area contributed by atoms with Crippen LogP contribution in [0.25, 0.3) is 0 Å². The normalized spacial score (nSPS) is 17.5. The number of Topliss-reactive ketones (excluding diaryl/α,β-unsaturated/α-hetero) is 1. The summed E-state index contributed by atoms with van der Waals surface area (Å²) in [6.45, 7) is 0.0690. The van der Waals surface area contributed by atoms with E-state index >= 15 is 0 Å². The number of carbonyl (C=O) groups is 2. The van der Waals surface area contributed by atoms with E-state index in [0.29, 0.717) is 38.2 Å². The third kappa shape index (κ3) is 3.69. The van der Waals surface area contributed by atoms with Gasteiger partial charge in [0, 0.05) is 21.2 Å². The van der Waals surface area contributed by atoms with Gasteiger partial charge in [-0.05, 0) is 30.3 Å². The van der Waals surface area contributed by atoms with Crippen LogP contribution in [0, 0.1) is 0 Å². The summed E-state index contributed by atoms with van der Waals surface area (Å²) >= 11 is 12.6. The van der Waals surface area contributed by atoms with E-state index in [0.717, 1.165) is 0 Å². The average molecular weight is 456 g/mol. The van der Waals surface area contributed by atoms with Crippen molar-refractivity contribution in [2.75, 3.05) is 12.0 Å². The molecule has 0 aromatic heterocycles. The van der Waals surface area contributed by atoms with Gasteiger partial charge in [0.25, 0.3) is 5.91 Å². The predicted octanol–water partition coefficient (Wildman–Crippen LogP) is 5.01. The minimum atomic E-state index is -2.01. The summed E-state index contributed by atoms with van der Waals surface area (Å²) in [6.07, 6.45) is -0.421. The standard InChI is InChI=1S/C24H19Cl2NO4/c1-31-22-12-5-2-7-15(22)21(28)13-24(30)17-8-3-4-11-20(17)27(23(24)29)14-16-18(25)9-6-10-19(16)26/h2-12,30H,13-14H2,1H3. The molecule has 158 valence electrons. The van der Waals surface area contributed by atoms with Crippen molar-refractivity contribution in [1.29, 1.82) is 0 Å². The lowest BCUT2D eigenvalue weighted by atomic mass is 9.88. The fourth-order valence-electron chi connectivity index (χ4n) is 3.88. The largest absolute Gasteiger partial charge is 0.496 e. The zero-order valence-corrected chi connectivity index (χ0v) is 18.2. The van der Waals surface area contributed by atoms with Gasteiger partial charge in [-0.25, -0.2) is 0 Å². The second-order valence-electron chi connectivity index (χ2n) is 7.27. The first kappa shape index (κ1) is 21.4. The Balaban J connectivity index is 1.72.